The second-order valence-corrected chi connectivity index (χ2v) is 4.32. The molecule has 1 atom stereocenters. The molecule has 15 heavy (non-hydrogen) atoms. The maximum Gasteiger partial charge on any atom is 0.0504 e. The van der Waals surface area contributed by atoms with Gasteiger partial charge in [0, 0.05) is 19.3 Å². The monoisotopic (exact) mass is 207 g/mol. The lowest BCUT2D eigenvalue weighted by molar-refractivity contribution is 0.164. The molecule has 0 fully saturated rings. The summed E-state index contributed by atoms with van der Waals surface area (Å²) in [4.78, 5) is 0. The Balaban J connectivity index is 2.50. The van der Waals surface area contributed by atoms with E-state index in [-0.39, 0.29) is 0 Å². The summed E-state index contributed by atoms with van der Waals surface area (Å²) in [5.74, 6) is 0.538. The van der Waals surface area contributed by atoms with Crippen molar-refractivity contribution in [3.63, 3.8) is 0 Å². The van der Waals surface area contributed by atoms with Crippen LogP contribution in [0.2, 0.25) is 0 Å². The first-order valence-corrected chi connectivity index (χ1v) is 5.43. The Hall–Kier alpha value is -1.02. The lowest BCUT2D eigenvalue weighted by Gasteiger charge is -2.13. The van der Waals surface area contributed by atoms with Crippen LogP contribution < -0.4 is 5.32 Å². The topological polar surface area (TPSA) is 21.3 Å². The first kappa shape index (κ1) is 12.1. The fraction of sp³-hybridized carbons (Fsp3) is 0.538. The van der Waals surface area contributed by atoms with Gasteiger partial charge in [-0.2, -0.15) is 0 Å². The largest absolute Gasteiger partial charge is 0.385 e. The molecule has 1 N–H and O–H groups in total. The van der Waals surface area contributed by atoms with Gasteiger partial charge in [-0.25, -0.2) is 0 Å². The Morgan fingerprint density at radius 1 is 1.20 bits per heavy atom. The van der Waals surface area contributed by atoms with Crippen LogP contribution in [0.4, 0.5) is 5.69 Å². The van der Waals surface area contributed by atoms with Crippen molar-refractivity contribution in [3.05, 3.63) is 29.3 Å². The molecule has 1 aromatic carbocycles. The summed E-state index contributed by atoms with van der Waals surface area (Å²) in [7, 11) is 1.74. The third-order valence-electron chi connectivity index (χ3n) is 2.33. The first-order chi connectivity index (χ1) is 7.11. The number of aryl methyl sites for hydroxylation is 2. The van der Waals surface area contributed by atoms with Crippen molar-refractivity contribution in [2.24, 2.45) is 5.92 Å². The quantitative estimate of drug-likeness (QED) is 0.801. The van der Waals surface area contributed by atoms with Crippen LogP contribution in [-0.4, -0.2) is 20.3 Å². The second-order valence-electron chi connectivity index (χ2n) is 4.32. The number of methoxy groups -OCH3 is 1. The molecule has 0 aliphatic heterocycles. The van der Waals surface area contributed by atoms with E-state index in [0.29, 0.717) is 5.92 Å². The molecule has 1 rings (SSSR count). The third-order valence-corrected chi connectivity index (χ3v) is 2.33. The molecule has 2 heteroatoms. The maximum atomic E-state index is 5.10. The van der Waals surface area contributed by atoms with Crippen LogP contribution in [0.25, 0.3) is 0 Å². The fourth-order valence-electron chi connectivity index (χ4n) is 1.71. The average molecular weight is 207 g/mol. The molecule has 0 aliphatic carbocycles. The summed E-state index contributed by atoms with van der Waals surface area (Å²) in [6.45, 7) is 8.18. The molecule has 0 saturated carbocycles. The van der Waals surface area contributed by atoms with Gasteiger partial charge in [-0.15, -0.1) is 0 Å². The van der Waals surface area contributed by atoms with Crippen molar-refractivity contribution in [2.75, 3.05) is 25.6 Å². The highest BCUT2D eigenvalue weighted by Crippen LogP contribution is 2.14. The predicted octanol–water partition coefficient (Wildman–Crippen LogP) is 3.00. The number of anilines is 1. The van der Waals surface area contributed by atoms with E-state index in [2.05, 4.69) is 44.3 Å². The second kappa shape index (κ2) is 5.76. The van der Waals surface area contributed by atoms with Gasteiger partial charge in [-0.05, 0) is 43.0 Å². The molecule has 0 saturated heterocycles. The van der Waals surface area contributed by atoms with Crippen molar-refractivity contribution in [1.82, 2.24) is 0 Å². The molecular formula is C13H21NO. The molecule has 0 radical (unpaired) electrons. The minimum absolute atomic E-state index is 0.538. The lowest BCUT2D eigenvalue weighted by atomic mass is 10.1. The molecule has 0 spiro atoms. The molecule has 1 aromatic rings. The van der Waals surface area contributed by atoms with Gasteiger partial charge in [0.2, 0.25) is 0 Å². The van der Waals surface area contributed by atoms with Crippen LogP contribution in [0, 0.1) is 19.8 Å². The Kier molecular flexibility index (Phi) is 4.63. The summed E-state index contributed by atoms with van der Waals surface area (Å²) in [6, 6.07) is 6.53. The number of benzene rings is 1. The van der Waals surface area contributed by atoms with Crippen molar-refractivity contribution in [2.45, 2.75) is 20.8 Å². The minimum atomic E-state index is 0.538. The molecule has 0 amide bonds. The average Bonchev–Trinajstić information content (AvgIpc) is 2.14. The number of hydrogen-bond acceptors (Lipinski definition) is 2. The maximum absolute atomic E-state index is 5.10. The van der Waals surface area contributed by atoms with Crippen LogP contribution >= 0.6 is 0 Å². The van der Waals surface area contributed by atoms with Gasteiger partial charge in [0.05, 0.1) is 6.61 Å². The zero-order chi connectivity index (χ0) is 11.3. The number of hydrogen-bond donors (Lipinski definition) is 1. The predicted molar refractivity (Wildman–Crippen MR) is 65.4 cm³/mol. The highest BCUT2D eigenvalue weighted by molar-refractivity contribution is 5.48. The van der Waals surface area contributed by atoms with E-state index in [4.69, 9.17) is 4.74 Å². The molecule has 2 nitrogen and oxygen atoms in total. The summed E-state index contributed by atoms with van der Waals surface area (Å²) < 4.78 is 5.10. The summed E-state index contributed by atoms with van der Waals surface area (Å²) in [5.41, 5.74) is 3.81. The lowest BCUT2D eigenvalue weighted by Crippen LogP contribution is -2.15. The van der Waals surface area contributed by atoms with E-state index in [0.717, 1.165) is 13.2 Å². The smallest absolute Gasteiger partial charge is 0.0504 e. The Morgan fingerprint density at radius 3 is 2.33 bits per heavy atom. The van der Waals surface area contributed by atoms with Crippen molar-refractivity contribution in [3.8, 4) is 0 Å². The van der Waals surface area contributed by atoms with E-state index in [1.807, 2.05) is 0 Å². The van der Waals surface area contributed by atoms with E-state index in [1.54, 1.807) is 7.11 Å². The summed E-state index contributed by atoms with van der Waals surface area (Å²) >= 11 is 0. The summed E-state index contributed by atoms with van der Waals surface area (Å²) in [6.07, 6.45) is 0. The summed E-state index contributed by atoms with van der Waals surface area (Å²) in [5, 5.41) is 3.43. The third kappa shape index (κ3) is 4.34. The zero-order valence-electron chi connectivity index (χ0n) is 10.1. The highest BCUT2D eigenvalue weighted by Gasteiger charge is 2.01. The SMILES string of the molecule is COCC(C)CNc1cc(C)cc(C)c1. The first-order valence-electron chi connectivity index (χ1n) is 5.43. The molecule has 0 aromatic heterocycles. The zero-order valence-corrected chi connectivity index (χ0v) is 10.1. The van der Waals surface area contributed by atoms with Crippen LogP contribution in [0.1, 0.15) is 18.1 Å². The minimum Gasteiger partial charge on any atom is -0.385 e. The van der Waals surface area contributed by atoms with Gasteiger partial charge in [0.1, 0.15) is 0 Å². The van der Waals surface area contributed by atoms with Crippen LogP contribution in [0.15, 0.2) is 18.2 Å². The molecular weight excluding hydrogens is 186 g/mol. The van der Waals surface area contributed by atoms with Crippen LogP contribution in [0.5, 0.6) is 0 Å². The van der Waals surface area contributed by atoms with E-state index < -0.39 is 0 Å². The van der Waals surface area contributed by atoms with Gasteiger partial charge in [0.25, 0.3) is 0 Å². The van der Waals surface area contributed by atoms with E-state index in [1.165, 1.54) is 16.8 Å². The normalized spacial score (nSPS) is 12.5. The molecule has 0 aliphatic rings. The molecule has 0 heterocycles. The Morgan fingerprint density at radius 2 is 1.80 bits per heavy atom. The number of nitrogens with one attached hydrogen (secondary N) is 1. The van der Waals surface area contributed by atoms with Gasteiger partial charge in [0.15, 0.2) is 0 Å². The van der Waals surface area contributed by atoms with E-state index in [9.17, 15) is 0 Å². The standard InChI is InChI=1S/C13H21NO/c1-10-5-11(2)7-13(6-10)14-8-12(3)9-15-4/h5-7,12,14H,8-9H2,1-4H3. The number of ether oxygens (including phenoxy) is 1. The van der Waals surface area contributed by atoms with Gasteiger partial charge < -0.3 is 10.1 Å². The van der Waals surface area contributed by atoms with Crippen LogP contribution in [-0.2, 0) is 4.74 Å². The van der Waals surface area contributed by atoms with Gasteiger partial charge in [-0.1, -0.05) is 13.0 Å². The van der Waals surface area contributed by atoms with Crippen molar-refractivity contribution < 1.29 is 4.74 Å². The molecule has 1 unspecified atom stereocenters. The molecule has 0 bridgehead atoms. The van der Waals surface area contributed by atoms with Gasteiger partial charge >= 0.3 is 0 Å². The van der Waals surface area contributed by atoms with Crippen molar-refractivity contribution in [1.29, 1.82) is 0 Å². The number of rotatable bonds is 5. The Bertz CT molecular complexity index is 289. The Labute approximate surface area is 92.6 Å². The van der Waals surface area contributed by atoms with Crippen molar-refractivity contribution >= 4 is 5.69 Å². The molecule has 84 valence electrons. The van der Waals surface area contributed by atoms with Crippen LogP contribution in [0.3, 0.4) is 0 Å². The van der Waals surface area contributed by atoms with Gasteiger partial charge in [-0.3, -0.25) is 0 Å². The fourth-order valence-corrected chi connectivity index (χ4v) is 1.71. The highest BCUT2D eigenvalue weighted by atomic mass is 16.5. The van der Waals surface area contributed by atoms with E-state index >= 15 is 0 Å².